The van der Waals surface area contributed by atoms with Crippen LogP contribution in [0.4, 0.5) is 0 Å². The van der Waals surface area contributed by atoms with E-state index >= 15 is 0 Å². The molecule has 8 nitrogen and oxygen atoms in total. The Kier molecular flexibility index (Phi) is 3.31. The van der Waals surface area contributed by atoms with Crippen molar-refractivity contribution in [2.45, 2.75) is 38.5 Å². The van der Waals surface area contributed by atoms with Crippen molar-refractivity contribution in [1.82, 2.24) is 25.5 Å². The standard InChI is InChI=1S/C9H13N5O3/c1-6(9(16)11-7-2-3-7)17-8(15)4-14-5-10-12-13-14/h5-7H,2-4H2,1H3,(H,11,16)/t6-/m1/s1. The summed E-state index contributed by atoms with van der Waals surface area (Å²) in [6.07, 6.45) is 2.50. The van der Waals surface area contributed by atoms with Gasteiger partial charge in [0.25, 0.3) is 5.91 Å². The van der Waals surface area contributed by atoms with E-state index < -0.39 is 12.1 Å². The monoisotopic (exact) mass is 239 g/mol. The second kappa shape index (κ2) is 4.89. The van der Waals surface area contributed by atoms with Gasteiger partial charge in [-0.05, 0) is 30.2 Å². The third kappa shape index (κ3) is 3.51. The van der Waals surface area contributed by atoms with Crippen LogP contribution in [0.15, 0.2) is 6.33 Å². The van der Waals surface area contributed by atoms with Gasteiger partial charge in [0.05, 0.1) is 0 Å². The van der Waals surface area contributed by atoms with Gasteiger partial charge in [0.1, 0.15) is 12.9 Å². The highest BCUT2D eigenvalue weighted by molar-refractivity contribution is 5.83. The molecule has 1 aromatic heterocycles. The Labute approximate surface area is 97.3 Å². The molecule has 0 radical (unpaired) electrons. The lowest BCUT2D eigenvalue weighted by atomic mass is 10.3. The van der Waals surface area contributed by atoms with Crippen molar-refractivity contribution in [3.8, 4) is 0 Å². The normalized spacial score (nSPS) is 16.3. The highest BCUT2D eigenvalue weighted by Crippen LogP contribution is 2.18. The first-order valence-corrected chi connectivity index (χ1v) is 5.36. The number of esters is 1. The molecule has 1 atom stereocenters. The minimum absolute atomic E-state index is 0.103. The Morgan fingerprint density at radius 2 is 2.35 bits per heavy atom. The van der Waals surface area contributed by atoms with Crippen LogP contribution in [-0.2, 0) is 20.9 Å². The minimum atomic E-state index is -0.792. The summed E-state index contributed by atoms with van der Waals surface area (Å²) in [6.45, 7) is 1.43. The summed E-state index contributed by atoms with van der Waals surface area (Å²) in [7, 11) is 0. The number of ether oxygens (including phenoxy) is 1. The number of nitrogens with zero attached hydrogens (tertiary/aromatic N) is 4. The molecule has 1 aliphatic rings. The number of tetrazole rings is 1. The van der Waals surface area contributed by atoms with Crippen LogP contribution in [0.2, 0.25) is 0 Å². The average molecular weight is 239 g/mol. The average Bonchev–Trinajstić information content (AvgIpc) is 2.93. The lowest BCUT2D eigenvalue weighted by Gasteiger charge is -2.12. The van der Waals surface area contributed by atoms with Crippen LogP contribution >= 0.6 is 0 Å². The maximum Gasteiger partial charge on any atom is 0.328 e. The summed E-state index contributed by atoms with van der Waals surface area (Å²) in [4.78, 5) is 22.9. The Balaban J connectivity index is 1.75. The number of rotatable bonds is 5. The first-order chi connectivity index (χ1) is 8.15. The van der Waals surface area contributed by atoms with Crippen LogP contribution in [0.5, 0.6) is 0 Å². The third-order valence-corrected chi connectivity index (χ3v) is 2.28. The molecule has 8 heteroatoms. The highest BCUT2D eigenvalue weighted by atomic mass is 16.5. The summed E-state index contributed by atoms with van der Waals surface area (Å²) in [5.74, 6) is -0.812. The van der Waals surface area contributed by atoms with Gasteiger partial charge in [-0.1, -0.05) is 0 Å². The van der Waals surface area contributed by atoms with Gasteiger partial charge in [0.15, 0.2) is 6.10 Å². The van der Waals surface area contributed by atoms with Gasteiger partial charge >= 0.3 is 5.97 Å². The molecule has 0 saturated heterocycles. The van der Waals surface area contributed by atoms with E-state index in [1.807, 2.05) is 0 Å². The smallest absolute Gasteiger partial charge is 0.328 e. The van der Waals surface area contributed by atoms with Crippen molar-refractivity contribution >= 4 is 11.9 Å². The molecule has 1 heterocycles. The third-order valence-electron chi connectivity index (χ3n) is 2.28. The number of carbonyl (C=O) groups excluding carboxylic acids is 2. The van der Waals surface area contributed by atoms with Crippen LogP contribution in [0.25, 0.3) is 0 Å². The second-order valence-corrected chi connectivity index (χ2v) is 3.92. The molecule has 1 aromatic rings. The molecule has 1 N–H and O–H groups in total. The van der Waals surface area contributed by atoms with Crippen molar-refractivity contribution < 1.29 is 14.3 Å². The molecule has 0 spiro atoms. The zero-order valence-corrected chi connectivity index (χ0v) is 9.37. The van der Waals surface area contributed by atoms with Gasteiger partial charge in [0, 0.05) is 6.04 Å². The Hall–Kier alpha value is -1.99. The largest absolute Gasteiger partial charge is 0.451 e. The van der Waals surface area contributed by atoms with Gasteiger partial charge in [-0.15, -0.1) is 5.10 Å². The van der Waals surface area contributed by atoms with E-state index in [0.717, 1.165) is 12.8 Å². The molecular formula is C9H13N5O3. The van der Waals surface area contributed by atoms with E-state index in [4.69, 9.17) is 4.74 Å². The van der Waals surface area contributed by atoms with Crippen LogP contribution in [-0.4, -0.2) is 44.2 Å². The molecule has 1 amide bonds. The zero-order chi connectivity index (χ0) is 12.3. The number of hydrogen-bond acceptors (Lipinski definition) is 6. The fraction of sp³-hybridized carbons (Fsp3) is 0.667. The van der Waals surface area contributed by atoms with Gasteiger partial charge in [0.2, 0.25) is 0 Å². The van der Waals surface area contributed by atoms with Crippen LogP contribution in [0, 0.1) is 0 Å². The summed E-state index contributed by atoms with van der Waals surface area (Å²) in [5, 5.41) is 13.0. The van der Waals surface area contributed by atoms with Crippen molar-refractivity contribution in [3.05, 3.63) is 6.33 Å². The molecule has 0 aliphatic heterocycles. The molecule has 1 saturated carbocycles. The number of amides is 1. The van der Waals surface area contributed by atoms with Crippen LogP contribution < -0.4 is 5.32 Å². The molecule has 1 aliphatic carbocycles. The molecule has 0 unspecified atom stereocenters. The minimum Gasteiger partial charge on any atom is -0.451 e. The Bertz CT molecular complexity index is 401. The molecular weight excluding hydrogens is 226 g/mol. The summed E-state index contributed by atoms with van der Waals surface area (Å²) >= 11 is 0. The quantitative estimate of drug-likeness (QED) is 0.654. The van der Waals surface area contributed by atoms with Crippen molar-refractivity contribution in [2.24, 2.45) is 0 Å². The summed E-state index contributed by atoms with van der Waals surface area (Å²) in [5.41, 5.74) is 0. The molecule has 17 heavy (non-hydrogen) atoms. The predicted octanol–water partition coefficient (Wildman–Crippen LogP) is -1.12. The Morgan fingerprint density at radius 3 is 2.94 bits per heavy atom. The lowest BCUT2D eigenvalue weighted by molar-refractivity contribution is -0.155. The maximum absolute atomic E-state index is 11.5. The van der Waals surface area contributed by atoms with Gasteiger partial charge < -0.3 is 10.1 Å². The van der Waals surface area contributed by atoms with E-state index in [0.29, 0.717) is 0 Å². The van der Waals surface area contributed by atoms with Gasteiger partial charge in [-0.3, -0.25) is 9.59 Å². The first kappa shape index (κ1) is 11.5. The van der Waals surface area contributed by atoms with Crippen molar-refractivity contribution in [3.63, 3.8) is 0 Å². The van der Waals surface area contributed by atoms with Crippen LogP contribution in [0.1, 0.15) is 19.8 Å². The molecule has 2 rings (SSSR count). The first-order valence-electron chi connectivity index (χ1n) is 5.36. The predicted molar refractivity (Wildman–Crippen MR) is 54.5 cm³/mol. The highest BCUT2D eigenvalue weighted by Gasteiger charge is 2.27. The molecule has 92 valence electrons. The van der Waals surface area contributed by atoms with Crippen molar-refractivity contribution in [2.75, 3.05) is 0 Å². The molecule has 1 fully saturated rings. The number of hydrogen-bond donors (Lipinski definition) is 1. The summed E-state index contributed by atoms with van der Waals surface area (Å²) in [6, 6.07) is 0.253. The second-order valence-electron chi connectivity index (χ2n) is 3.92. The summed E-state index contributed by atoms with van der Waals surface area (Å²) < 4.78 is 6.18. The number of nitrogens with one attached hydrogen (secondary N) is 1. The van der Waals surface area contributed by atoms with E-state index in [2.05, 4.69) is 20.8 Å². The maximum atomic E-state index is 11.5. The van der Waals surface area contributed by atoms with Gasteiger partial charge in [-0.25, -0.2) is 4.68 Å². The number of carbonyl (C=O) groups is 2. The fourth-order valence-electron chi connectivity index (χ4n) is 1.22. The Morgan fingerprint density at radius 1 is 1.59 bits per heavy atom. The topological polar surface area (TPSA) is 99.0 Å². The zero-order valence-electron chi connectivity index (χ0n) is 9.37. The lowest BCUT2D eigenvalue weighted by Crippen LogP contribution is -2.37. The van der Waals surface area contributed by atoms with E-state index in [-0.39, 0.29) is 18.5 Å². The van der Waals surface area contributed by atoms with E-state index in [9.17, 15) is 9.59 Å². The van der Waals surface area contributed by atoms with Crippen molar-refractivity contribution in [1.29, 1.82) is 0 Å². The van der Waals surface area contributed by atoms with E-state index in [1.165, 1.54) is 17.9 Å². The molecule has 0 aromatic carbocycles. The van der Waals surface area contributed by atoms with Gasteiger partial charge in [-0.2, -0.15) is 0 Å². The van der Waals surface area contributed by atoms with Crippen LogP contribution in [0.3, 0.4) is 0 Å². The SMILES string of the molecule is C[C@@H](OC(=O)Cn1cnnn1)C(=O)NC1CC1. The molecule has 0 bridgehead atoms. The van der Waals surface area contributed by atoms with E-state index in [1.54, 1.807) is 0 Å². The fourth-order valence-corrected chi connectivity index (χ4v) is 1.22. The number of aromatic nitrogens is 4.